The van der Waals surface area contributed by atoms with Crippen LogP contribution >= 0.6 is 0 Å². The molecule has 0 radical (unpaired) electrons. The van der Waals surface area contributed by atoms with E-state index in [4.69, 9.17) is 0 Å². The highest BCUT2D eigenvalue weighted by molar-refractivity contribution is 5.92. The highest BCUT2D eigenvalue weighted by Gasteiger charge is 2.14. The minimum absolute atomic E-state index is 0.0515. The molecule has 1 rings (SSSR count). The third-order valence-corrected chi connectivity index (χ3v) is 5.07. The second-order valence-electron chi connectivity index (χ2n) is 7.73. The van der Waals surface area contributed by atoms with E-state index in [1.165, 1.54) is 44.6 Å². The average Bonchev–Trinajstić information content (AvgIpc) is 2.64. The van der Waals surface area contributed by atoms with E-state index in [2.05, 4.69) is 12.2 Å². The first kappa shape index (κ1) is 24.2. The van der Waals surface area contributed by atoms with Crippen LogP contribution in [0.4, 0.5) is 0 Å². The molecule has 0 saturated heterocycles. The molecule has 0 aliphatic carbocycles. The number of phenols is 1. The van der Waals surface area contributed by atoms with Gasteiger partial charge in [0.2, 0.25) is 0 Å². The monoisotopic (exact) mass is 390 g/mol. The maximum atomic E-state index is 11.2. The zero-order chi connectivity index (χ0) is 20.6. The maximum Gasteiger partial charge on any atom is 0.339 e. The molecule has 3 N–H and O–H groups in total. The molecular formula is C24H38O4. The Morgan fingerprint density at radius 1 is 0.929 bits per heavy atom. The van der Waals surface area contributed by atoms with E-state index in [1.807, 2.05) is 6.92 Å². The molecule has 158 valence electrons. The van der Waals surface area contributed by atoms with Crippen LogP contribution in [-0.4, -0.2) is 27.4 Å². The summed E-state index contributed by atoms with van der Waals surface area (Å²) in [6.45, 7) is 1.85. The van der Waals surface area contributed by atoms with Crippen LogP contribution in [0.1, 0.15) is 99.9 Å². The molecule has 0 aliphatic heterocycles. The maximum absolute atomic E-state index is 11.2. The summed E-state index contributed by atoms with van der Waals surface area (Å²) in [6, 6.07) is 4.93. The Kier molecular flexibility index (Phi) is 13.1. The summed E-state index contributed by atoms with van der Waals surface area (Å²) < 4.78 is 0. The van der Waals surface area contributed by atoms with Gasteiger partial charge in [-0.25, -0.2) is 4.79 Å². The zero-order valence-corrected chi connectivity index (χ0v) is 17.4. The number of unbranched alkanes of at least 4 members (excludes halogenated alkanes) is 9. The van der Waals surface area contributed by atoms with Crippen LogP contribution in [-0.2, 0) is 6.42 Å². The summed E-state index contributed by atoms with van der Waals surface area (Å²) in [6.07, 6.45) is 18.8. The Balaban J connectivity index is 1.99. The van der Waals surface area contributed by atoms with Crippen LogP contribution in [0, 0.1) is 0 Å². The van der Waals surface area contributed by atoms with E-state index >= 15 is 0 Å². The van der Waals surface area contributed by atoms with Crippen LogP contribution < -0.4 is 0 Å². The van der Waals surface area contributed by atoms with Gasteiger partial charge in [-0.1, -0.05) is 62.8 Å². The lowest BCUT2D eigenvalue weighted by Crippen LogP contribution is -2.03. The molecule has 0 aromatic heterocycles. The van der Waals surface area contributed by atoms with Gasteiger partial charge in [-0.3, -0.25) is 0 Å². The Morgan fingerprint density at radius 2 is 1.50 bits per heavy atom. The van der Waals surface area contributed by atoms with E-state index in [0.29, 0.717) is 6.42 Å². The molecular weight excluding hydrogens is 352 g/mol. The second kappa shape index (κ2) is 15.2. The molecule has 0 saturated carbocycles. The zero-order valence-electron chi connectivity index (χ0n) is 17.4. The van der Waals surface area contributed by atoms with Gasteiger partial charge in [-0.05, 0) is 63.5 Å². The third-order valence-electron chi connectivity index (χ3n) is 5.07. The number of aliphatic hydroxyl groups is 1. The summed E-state index contributed by atoms with van der Waals surface area (Å²) >= 11 is 0. The molecule has 4 heteroatoms. The Hall–Kier alpha value is -1.81. The van der Waals surface area contributed by atoms with Gasteiger partial charge < -0.3 is 15.3 Å². The number of rotatable bonds is 16. The Morgan fingerprint density at radius 3 is 2.11 bits per heavy atom. The summed E-state index contributed by atoms with van der Waals surface area (Å²) in [5.41, 5.74) is 0.775. The number of aromatic hydroxyl groups is 1. The van der Waals surface area contributed by atoms with Crippen molar-refractivity contribution in [2.45, 2.75) is 96.5 Å². The van der Waals surface area contributed by atoms with Gasteiger partial charge in [0, 0.05) is 0 Å². The first-order valence-electron chi connectivity index (χ1n) is 10.9. The van der Waals surface area contributed by atoms with Crippen molar-refractivity contribution in [3.8, 4) is 5.75 Å². The number of benzene rings is 1. The summed E-state index contributed by atoms with van der Waals surface area (Å²) in [5.74, 6) is -1.20. The van der Waals surface area contributed by atoms with Gasteiger partial charge in [0.25, 0.3) is 0 Å². The van der Waals surface area contributed by atoms with Crippen molar-refractivity contribution in [1.82, 2.24) is 0 Å². The largest absolute Gasteiger partial charge is 0.507 e. The van der Waals surface area contributed by atoms with Gasteiger partial charge in [0.05, 0.1) is 6.10 Å². The van der Waals surface area contributed by atoms with Crippen molar-refractivity contribution in [2.24, 2.45) is 0 Å². The van der Waals surface area contributed by atoms with E-state index < -0.39 is 5.97 Å². The fourth-order valence-electron chi connectivity index (χ4n) is 3.44. The Labute approximate surface area is 170 Å². The van der Waals surface area contributed by atoms with E-state index in [-0.39, 0.29) is 17.4 Å². The summed E-state index contributed by atoms with van der Waals surface area (Å²) in [4.78, 5) is 11.2. The standard InChI is InChI=1S/C24H38O4/c1-20(25)16-13-11-9-7-5-3-2-4-6-8-10-12-14-17-21-18-15-19-22(26)23(21)24(27)28/h2-3,15,18-20,25-26H,4-14,16-17H2,1H3,(H,27,28)/t20-/m0/s1. The SMILES string of the molecule is C[C@H](O)CCCCCCC=CCCCCCCCc1cccc(O)c1C(=O)O. The number of carbonyl (C=O) groups is 1. The summed E-state index contributed by atoms with van der Waals surface area (Å²) in [7, 11) is 0. The fraction of sp³-hybridized carbons (Fsp3) is 0.625. The van der Waals surface area contributed by atoms with Crippen molar-refractivity contribution in [2.75, 3.05) is 0 Å². The predicted molar refractivity (Wildman–Crippen MR) is 115 cm³/mol. The highest BCUT2D eigenvalue weighted by atomic mass is 16.4. The number of aliphatic hydroxyl groups excluding tert-OH is 1. The van der Waals surface area contributed by atoms with E-state index in [1.54, 1.807) is 12.1 Å². The molecule has 0 spiro atoms. The molecule has 0 unspecified atom stereocenters. The van der Waals surface area contributed by atoms with Crippen LogP contribution in [0.25, 0.3) is 0 Å². The van der Waals surface area contributed by atoms with Gasteiger partial charge in [0.15, 0.2) is 0 Å². The smallest absolute Gasteiger partial charge is 0.339 e. The molecule has 1 atom stereocenters. The minimum atomic E-state index is -1.06. The minimum Gasteiger partial charge on any atom is -0.507 e. The number of hydrogen-bond acceptors (Lipinski definition) is 3. The molecule has 0 aliphatic rings. The van der Waals surface area contributed by atoms with Gasteiger partial charge >= 0.3 is 5.97 Å². The van der Waals surface area contributed by atoms with Gasteiger partial charge in [-0.15, -0.1) is 0 Å². The Bertz CT molecular complexity index is 578. The molecule has 0 heterocycles. The van der Waals surface area contributed by atoms with Crippen LogP contribution in [0.15, 0.2) is 30.4 Å². The van der Waals surface area contributed by atoms with Gasteiger partial charge in [0.1, 0.15) is 11.3 Å². The topological polar surface area (TPSA) is 77.8 Å². The van der Waals surface area contributed by atoms with Crippen molar-refractivity contribution in [3.63, 3.8) is 0 Å². The number of carboxylic acids is 1. The highest BCUT2D eigenvalue weighted by Crippen LogP contribution is 2.23. The van der Waals surface area contributed by atoms with Crippen molar-refractivity contribution in [1.29, 1.82) is 0 Å². The average molecular weight is 391 g/mol. The van der Waals surface area contributed by atoms with E-state index in [0.717, 1.165) is 44.1 Å². The molecule has 1 aromatic rings. The molecule has 1 aromatic carbocycles. The lowest BCUT2D eigenvalue weighted by Gasteiger charge is -2.07. The van der Waals surface area contributed by atoms with E-state index in [9.17, 15) is 20.1 Å². The normalized spacial score (nSPS) is 12.5. The number of allylic oxidation sites excluding steroid dienone is 2. The quantitative estimate of drug-likeness (QED) is 0.230. The first-order chi connectivity index (χ1) is 13.5. The van der Waals surface area contributed by atoms with Crippen LogP contribution in [0.3, 0.4) is 0 Å². The number of hydrogen-bond donors (Lipinski definition) is 3. The number of aromatic carboxylic acids is 1. The van der Waals surface area contributed by atoms with Crippen molar-refractivity contribution in [3.05, 3.63) is 41.5 Å². The summed E-state index contributed by atoms with van der Waals surface area (Å²) in [5, 5.41) is 28.1. The number of aryl methyl sites for hydroxylation is 1. The predicted octanol–water partition coefficient (Wildman–Crippen LogP) is 6.25. The molecule has 4 nitrogen and oxygen atoms in total. The van der Waals surface area contributed by atoms with Gasteiger partial charge in [-0.2, -0.15) is 0 Å². The first-order valence-corrected chi connectivity index (χ1v) is 10.9. The molecule has 28 heavy (non-hydrogen) atoms. The molecule has 0 bridgehead atoms. The fourth-order valence-corrected chi connectivity index (χ4v) is 3.44. The lowest BCUT2D eigenvalue weighted by atomic mass is 9.99. The van der Waals surface area contributed by atoms with Crippen LogP contribution in [0.5, 0.6) is 5.75 Å². The second-order valence-corrected chi connectivity index (χ2v) is 7.73. The molecule has 0 fully saturated rings. The number of carboxylic acid groups (broad SMARTS) is 1. The third kappa shape index (κ3) is 11.1. The van der Waals surface area contributed by atoms with Crippen LogP contribution in [0.2, 0.25) is 0 Å². The van der Waals surface area contributed by atoms with Crippen molar-refractivity contribution < 1.29 is 20.1 Å². The molecule has 0 amide bonds. The van der Waals surface area contributed by atoms with Crippen molar-refractivity contribution >= 4 is 5.97 Å². The lowest BCUT2D eigenvalue weighted by molar-refractivity contribution is 0.0692.